The largest absolute Gasteiger partial charge is 0.349 e. The van der Waals surface area contributed by atoms with Crippen LogP contribution in [-0.4, -0.2) is 58.9 Å². The highest BCUT2D eigenvalue weighted by Crippen LogP contribution is 2.20. The summed E-state index contributed by atoms with van der Waals surface area (Å²) in [5.74, 6) is -0.835. The molecule has 0 aliphatic carbocycles. The highest BCUT2D eigenvalue weighted by atomic mass is 19.1. The molecule has 0 bridgehead atoms. The molecule has 7 nitrogen and oxygen atoms in total. The van der Waals surface area contributed by atoms with Crippen molar-refractivity contribution in [3.63, 3.8) is 0 Å². The number of aromatic nitrogens is 1. The van der Waals surface area contributed by atoms with Gasteiger partial charge in [0.1, 0.15) is 17.5 Å². The van der Waals surface area contributed by atoms with E-state index >= 15 is 0 Å². The van der Waals surface area contributed by atoms with Crippen LogP contribution in [0.5, 0.6) is 0 Å². The van der Waals surface area contributed by atoms with Crippen LogP contribution in [0.25, 0.3) is 6.08 Å². The van der Waals surface area contributed by atoms with Gasteiger partial charge < -0.3 is 14.8 Å². The fourth-order valence-electron chi connectivity index (χ4n) is 4.06. The van der Waals surface area contributed by atoms with E-state index in [1.54, 1.807) is 11.0 Å². The van der Waals surface area contributed by atoms with Crippen LogP contribution in [0.15, 0.2) is 35.9 Å². The summed E-state index contributed by atoms with van der Waals surface area (Å²) >= 11 is 0. The summed E-state index contributed by atoms with van der Waals surface area (Å²) in [6, 6.07) is 9.69. The molecular formula is C25H30FN5O2. The maximum absolute atomic E-state index is 13.0. The molecule has 1 saturated heterocycles. The number of benzene rings is 1. The smallest absolute Gasteiger partial charge is 0.264 e. The lowest BCUT2D eigenvalue weighted by Gasteiger charge is -2.34. The number of nitrogens with one attached hydrogen (secondary N) is 1. The summed E-state index contributed by atoms with van der Waals surface area (Å²) in [7, 11) is 0. The summed E-state index contributed by atoms with van der Waals surface area (Å²) in [5.41, 5.74) is 3.71. The minimum atomic E-state index is -0.358. The Labute approximate surface area is 194 Å². The van der Waals surface area contributed by atoms with Crippen LogP contribution in [0.3, 0.4) is 0 Å². The second-order valence-electron chi connectivity index (χ2n) is 8.27. The normalized spacial score (nSPS) is 14.8. The Hall–Kier alpha value is -3.44. The molecule has 1 aliphatic rings. The Morgan fingerprint density at radius 2 is 1.82 bits per heavy atom. The molecule has 1 aromatic heterocycles. The summed E-state index contributed by atoms with van der Waals surface area (Å²) < 4.78 is 15.2. The molecule has 2 heterocycles. The van der Waals surface area contributed by atoms with Gasteiger partial charge in [-0.25, -0.2) is 4.39 Å². The van der Waals surface area contributed by atoms with E-state index < -0.39 is 0 Å². The molecule has 3 rings (SSSR count). The van der Waals surface area contributed by atoms with Gasteiger partial charge in [0.2, 0.25) is 5.91 Å². The molecular weight excluding hydrogens is 421 g/mol. The monoisotopic (exact) mass is 451 g/mol. The van der Waals surface area contributed by atoms with E-state index in [2.05, 4.69) is 22.9 Å². The van der Waals surface area contributed by atoms with Gasteiger partial charge >= 0.3 is 0 Å². The maximum Gasteiger partial charge on any atom is 0.264 e. The number of carbonyl (C=O) groups is 2. The van der Waals surface area contributed by atoms with Crippen molar-refractivity contribution < 1.29 is 14.0 Å². The van der Waals surface area contributed by atoms with E-state index in [-0.39, 0.29) is 29.7 Å². The Morgan fingerprint density at radius 1 is 1.15 bits per heavy atom. The zero-order valence-electron chi connectivity index (χ0n) is 19.4. The third kappa shape index (κ3) is 6.08. The molecule has 0 spiro atoms. The average molecular weight is 452 g/mol. The number of hydrogen-bond acceptors (Lipinski definition) is 4. The molecule has 174 valence electrons. The van der Waals surface area contributed by atoms with Crippen molar-refractivity contribution in [1.29, 1.82) is 5.26 Å². The molecule has 2 aromatic rings. The molecule has 0 atom stereocenters. The number of carbonyl (C=O) groups excluding carboxylic acids is 2. The SMILES string of the molecule is CCCn1c(C)cc(/C=C(\C#N)C(=O)N2CCN(CC(=O)Nc3ccc(F)cc3)CC2)c1C. The first-order chi connectivity index (χ1) is 15.8. The van der Waals surface area contributed by atoms with Gasteiger partial charge in [0.05, 0.1) is 6.54 Å². The summed E-state index contributed by atoms with van der Waals surface area (Å²) in [5, 5.41) is 12.4. The lowest BCUT2D eigenvalue weighted by Crippen LogP contribution is -2.50. The Balaban J connectivity index is 1.57. The highest BCUT2D eigenvalue weighted by molar-refractivity contribution is 6.02. The van der Waals surface area contributed by atoms with Crippen molar-refractivity contribution in [3.8, 4) is 6.07 Å². The number of halogens is 1. The molecule has 0 unspecified atom stereocenters. The van der Waals surface area contributed by atoms with Crippen molar-refractivity contribution in [2.24, 2.45) is 0 Å². The van der Waals surface area contributed by atoms with Gasteiger partial charge in [0.25, 0.3) is 5.91 Å². The van der Waals surface area contributed by atoms with Gasteiger partial charge in [-0.2, -0.15) is 5.26 Å². The third-order valence-corrected chi connectivity index (χ3v) is 5.87. The molecule has 8 heteroatoms. The van der Waals surface area contributed by atoms with Crippen LogP contribution in [0.2, 0.25) is 0 Å². The van der Waals surface area contributed by atoms with Crippen LogP contribution in [0.1, 0.15) is 30.3 Å². The van der Waals surface area contributed by atoms with E-state index in [4.69, 9.17) is 0 Å². The molecule has 33 heavy (non-hydrogen) atoms. The van der Waals surface area contributed by atoms with Gasteiger partial charge in [-0.3, -0.25) is 14.5 Å². The summed E-state index contributed by atoms with van der Waals surface area (Å²) in [6.45, 7) is 9.18. The predicted molar refractivity (Wildman–Crippen MR) is 126 cm³/mol. The first kappa shape index (κ1) is 24.2. The third-order valence-electron chi connectivity index (χ3n) is 5.87. The lowest BCUT2D eigenvalue weighted by molar-refractivity contribution is -0.128. The molecule has 1 aromatic carbocycles. The summed E-state index contributed by atoms with van der Waals surface area (Å²) in [4.78, 5) is 28.8. The van der Waals surface area contributed by atoms with E-state index in [9.17, 15) is 19.2 Å². The number of piperazine rings is 1. The van der Waals surface area contributed by atoms with Gasteiger partial charge in [-0.1, -0.05) is 6.92 Å². The van der Waals surface area contributed by atoms with Crippen molar-refractivity contribution in [2.45, 2.75) is 33.7 Å². The van der Waals surface area contributed by atoms with E-state index in [1.807, 2.05) is 24.8 Å². The number of hydrogen-bond donors (Lipinski definition) is 1. The van der Waals surface area contributed by atoms with Gasteiger partial charge in [0.15, 0.2) is 0 Å². The molecule has 1 fully saturated rings. The second-order valence-corrected chi connectivity index (χ2v) is 8.27. The number of nitriles is 1. The molecule has 1 N–H and O–H groups in total. The van der Waals surface area contributed by atoms with Crippen LogP contribution in [0, 0.1) is 31.0 Å². The number of anilines is 1. The minimum absolute atomic E-state index is 0.120. The van der Waals surface area contributed by atoms with Crippen molar-refractivity contribution >= 4 is 23.6 Å². The quantitative estimate of drug-likeness (QED) is 0.517. The molecule has 0 radical (unpaired) electrons. The fourth-order valence-corrected chi connectivity index (χ4v) is 4.06. The average Bonchev–Trinajstić information content (AvgIpc) is 3.06. The first-order valence-corrected chi connectivity index (χ1v) is 11.2. The lowest BCUT2D eigenvalue weighted by atomic mass is 10.1. The predicted octanol–water partition coefficient (Wildman–Crippen LogP) is 3.34. The van der Waals surface area contributed by atoms with Gasteiger partial charge in [-0.15, -0.1) is 0 Å². The first-order valence-electron chi connectivity index (χ1n) is 11.2. The molecule has 1 aliphatic heterocycles. The zero-order valence-corrected chi connectivity index (χ0v) is 19.4. The Kier molecular flexibility index (Phi) is 8.01. The van der Waals surface area contributed by atoms with E-state index in [1.165, 1.54) is 24.3 Å². The standard InChI is InChI=1S/C25H30FN5O2/c1-4-9-31-18(2)14-20(19(31)3)15-21(16-27)25(33)30-12-10-29(11-13-30)17-24(32)28-23-7-5-22(26)6-8-23/h5-8,14-15H,4,9-13,17H2,1-3H3,(H,28,32)/b21-15+. The highest BCUT2D eigenvalue weighted by Gasteiger charge is 2.25. The van der Waals surface area contributed by atoms with Gasteiger partial charge in [-0.05, 0) is 62.2 Å². The van der Waals surface area contributed by atoms with Crippen LogP contribution in [0.4, 0.5) is 10.1 Å². The Morgan fingerprint density at radius 3 is 2.42 bits per heavy atom. The topological polar surface area (TPSA) is 81.4 Å². The Bertz CT molecular complexity index is 1070. The van der Waals surface area contributed by atoms with Crippen molar-refractivity contribution in [2.75, 3.05) is 38.0 Å². The van der Waals surface area contributed by atoms with Crippen molar-refractivity contribution in [1.82, 2.24) is 14.4 Å². The van der Waals surface area contributed by atoms with Crippen LogP contribution < -0.4 is 5.32 Å². The maximum atomic E-state index is 13.0. The number of aryl methyl sites for hydroxylation is 1. The van der Waals surface area contributed by atoms with Gasteiger partial charge in [0, 0.05) is 49.8 Å². The summed E-state index contributed by atoms with van der Waals surface area (Å²) in [6.07, 6.45) is 2.69. The van der Waals surface area contributed by atoms with Crippen molar-refractivity contribution in [3.05, 3.63) is 58.7 Å². The molecule has 2 amide bonds. The van der Waals surface area contributed by atoms with Crippen LogP contribution >= 0.6 is 0 Å². The number of rotatable bonds is 7. The zero-order chi connectivity index (χ0) is 24.0. The van der Waals surface area contributed by atoms with E-state index in [0.29, 0.717) is 31.9 Å². The molecule has 0 saturated carbocycles. The number of nitrogens with zero attached hydrogens (tertiary/aromatic N) is 4. The number of amides is 2. The fraction of sp³-hybridized carbons (Fsp3) is 0.400. The van der Waals surface area contributed by atoms with E-state index in [0.717, 1.165) is 29.9 Å². The van der Waals surface area contributed by atoms with Crippen LogP contribution in [-0.2, 0) is 16.1 Å². The minimum Gasteiger partial charge on any atom is -0.349 e. The second kappa shape index (κ2) is 10.9.